The summed E-state index contributed by atoms with van der Waals surface area (Å²) in [5.74, 6) is -0.323. The minimum Gasteiger partial charge on any atom is -0.457 e. The number of likely N-dealkylation sites (N-methyl/N-ethyl adjacent to an activating group) is 1. The highest BCUT2D eigenvalue weighted by molar-refractivity contribution is 6.34. The van der Waals surface area contributed by atoms with E-state index in [2.05, 4.69) is 5.32 Å². The smallest absolute Gasteiger partial charge is 0.419 e. The number of amides is 2. The largest absolute Gasteiger partial charge is 0.457 e. The zero-order valence-corrected chi connectivity index (χ0v) is 19.8. The molecule has 0 spiro atoms. The molecule has 2 heterocycles. The molecule has 6 nitrogen and oxygen atoms in total. The number of alkyl halides is 3. The van der Waals surface area contributed by atoms with E-state index in [9.17, 15) is 22.8 Å². The Morgan fingerprint density at radius 1 is 1.08 bits per heavy atom. The van der Waals surface area contributed by atoms with E-state index in [1.165, 1.54) is 11.0 Å². The summed E-state index contributed by atoms with van der Waals surface area (Å²) in [6.07, 6.45) is -3.71. The van der Waals surface area contributed by atoms with Gasteiger partial charge in [0, 0.05) is 29.8 Å². The number of nitrogens with one attached hydrogen (secondary N) is 1. The van der Waals surface area contributed by atoms with Crippen molar-refractivity contribution < 1.29 is 32.2 Å². The number of carbonyl (C=O) groups excluding carboxylic acids is 2. The molecular weight excluding hydrogens is 485 g/mol. The molecule has 1 fully saturated rings. The van der Waals surface area contributed by atoms with Crippen LogP contribution in [0.4, 0.5) is 23.7 Å². The van der Waals surface area contributed by atoms with Crippen LogP contribution in [0.1, 0.15) is 29.2 Å². The number of para-hydroxylation sites is 1. The van der Waals surface area contributed by atoms with Crippen LogP contribution in [-0.2, 0) is 22.1 Å². The molecule has 3 aromatic carbocycles. The van der Waals surface area contributed by atoms with Gasteiger partial charge in [-0.25, -0.2) is 4.79 Å². The number of hydrogen-bond donors (Lipinski definition) is 1. The molecule has 0 aromatic heterocycles. The molecule has 0 radical (unpaired) electrons. The summed E-state index contributed by atoms with van der Waals surface area (Å²) in [7, 11) is 0. The molecule has 37 heavy (non-hydrogen) atoms. The maximum atomic E-state index is 13.9. The lowest BCUT2D eigenvalue weighted by molar-refractivity contribution is -0.138. The van der Waals surface area contributed by atoms with E-state index in [1.54, 1.807) is 36.4 Å². The number of carbonyl (C=O) groups is 2. The predicted molar refractivity (Wildman–Crippen MR) is 132 cm³/mol. The van der Waals surface area contributed by atoms with Crippen molar-refractivity contribution in [1.82, 2.24) is 4.90 Å². The quantitative estimate of drug-likeness (QED) is 0.393. The van der Waals surface area contributed by atoms with Crippen LogP contribution in [-0.4, -0.2) is 36.1 Å². The molecule has 1 atom stereocenters. The zero-order chi connectivity index (χ0) is 26.2. The van der Waals surface area contributed by atoms with E-state index in [-0.39, 0.29) is 23.8 Å². The maximum Gasteiger partial charge on any atom is 0.419 e. The van der Waals surface area contributed by atoms with Crippen molar-refractivity contribution in [3.05, 3.63) is 89.0 Å². The van der Waals surface area contributed by atoms with Crippen molar-refractivity contribution in [1.29, 1.82) is 0 Å². The SMILES string of the molecule is CCN1CC(Cc2ccc(Oc3ccc(/C=C4\C(=O)Nc5ccccc54)cc3)c(C(F)(F)F)c2)OC1=O. The van der Waals surface area contributed by atoms with Gasteiger partial charge in [0.1, 0.15) is 17.6 Å². The first-order chi connectivity index (χ1) is 17.7. The second-order valence-electron chi connectivity index (χ2n) is 8.81. The number of fused-ring (bicyclic) bond motifs is 1. The van der Waals surface area contributed by atoms with Gasteiger partial charge in [-0.1, -0.05) is 36.4 Å². The molecule has 2 aliphatic heterocycles. The van der Waals surface area contributed by atoms with Gasteiger partial charge in [-0.2, -0.15) is 13.2 Å². The van der Waals surface area contributed by atoms with E-state index in [0.29, 0.717) is 29.8 Å². The second kappa shape index (κ2) is 9.65. The van der Waals surface area contributed by atoms with Crippen LogP contribution in [0.25, 0.3) is 11.6 Å². The van der Waals surface area contributed by atoms with Crippen LogP contribution in [0.15, 0.2) is 66.7 Å². The number of benzene rings is 3. The minimum atomic E-state index is -4.64. The van der Waals surface area contributed by atoms with Gasteiger partial charge in [-0.15, -0.1) is 0 Å². The summed E-state index contributed by atoms with van der Waals surface area (Å²) in [6, 6.07) is 17.6. The van der Waals surface area contributed by atoms with Crippen molar-refractivity contribution in [2.24, 2.45) is 0 Å². The Balaban J connectivity index is 1.34. The molecule has 1 N–H and O–H groups in total. The van der Waals surface area contributed by atoms with Crippen molar-refractivity contribution >= 4 is 29.3 Å². The lowest BCUT2D eigenvalue weighted by Crippen LogP contribution is -2.25. The average molecular weight is 508 g/mol. The van der Waals surface area contributed by atoms with E-state index in [4.69, 9.17) is 9.47 Å². The van der Waals surface area contributed by atoms with Gasteiger partial charge in [0.2, 0.25) is 0 Å². The number of nitrogens with zero attached hydrogens (tertiary/aromatic N) is 1. The van der Waals surface area contributed by atoms with Gasteiger partial charge < -0.3 is 19.7 Å². The molecule has 1 unspecified atom stereocenters. The van der Waals surface area contributed by atoms with Crippen LogP contribution in [0.3, 0.4) is 0 Å². The van der Waals surface area contributed by atoms with Gasteiger partial charge in [-0.05, 0) is 54.5 Å². The van der Waals surface area contributed by atoms with Crippen molar-refractivity contribution in [3.8, 4) is 11.5 Å². The third-order valence-electron chi connectivity index (χ3n) is 6.27. The molecule has 2 aliphatic rings. The minimum absolute atomic E-state index is 0.172. The van der Waals surface area contributed by atoms with Gasteiger partial charge >= 0.3 is 12.3 Å². The molecule has 2 amide bonds. The number of cyclic esters (lactones) is 1. The van der Waals surface area contributed by atoms with Crippen molar-refractivity contribution in [2.75, 3.05) is 18.4 Å². The van der Waals surface area contributed by atoms with Gasteiger partial charge in [0.15, 0.2) is 0 Å². The lowest BCUT2D eigenvalue weighted by atomic mass is 10.0. The summed E-state index contributed by atoms with van der Waals surface area (Å²) in [4.78, 5) is 25.6. The van der Waals surface area contributed by atoms with Gasteiger partial charge in [-0.3, -0.25) is 4.79 Å². The Bertz CT molecular complexity index is 1380. The first kappa shape index (κ1) is 24.4. The normalized spacial score (nSPS) is 18.1. The molecule has 9 heteroatoms. The topological polar surface area (TPSA) is 67.9 Å². The number of halogens is 3. The van der Waals surface area contributed by atoms with Crippen LogP contribution in [0.5, 0.6) is 11.5 Å². The Hall–Kier alpha value is -4.27. The monoisotopic (exact) mass is 508 g/mol. The van der Waals surface area contributed by atoms with Crippen LogP contribution in [0.2, 0.25) is 0 Å². The molecule has 190 valence electrons. The molecule has 0 aliphatic carbocycles. The molecule has 0 saturated carbocycles. The van der Waals surface area contributed by atoms with Crippen molar-refractivity contribution in [2.45, 2.75) is 25.6 Å². The molecule has 5 rings (SSSR count). The number of hydrogen-bond acceptors (Lipinski definition) is 4. The Morgan fingerprint density at radius 2 is 1.84 bits per heavy atom. The highest BCUT2D eigenvalue weighted by atomic mass is 19.4. The fourth-order valence-corrected chi connectivity index (χ4v) is 4.42. The third kappa shape index (κ3) is 5.16. The molecule has 1 saturated heterocycles. The first-order valence-corrected chi connectivity index (χ1v) is 11.8. The third-order valence-corrected chi connectivity index (χ3v) is 6.27. The average Bonchev–Trinajstić information content (AvgIpc) is 3.38. The fourth-order valence-electron chi connectivity index (χ4n) is 4.42. The maximum absolute atomic E-state index is 13.9. The second-order valence-corrected chi connectivity index (χ2v) is 8.81. The van der Waals surface area contributed by atoms with Crippen molar-refractivity contribution in [3.63, 3.8) is 0 Å². The molecule has 3 aromatic rings. The summed E-state index contributed by atoms with van der Waals surface area (Å²) in [5.41, 5.74) is 2.22. The standard InChI is InChI=1S/C28H23F3N2O4/c1-2-33-16-20(37-27(33)35)13-18-9-12-25(23(15-18)28(29,30)31)36-19-10-7-17(8-11-19)14-22-21-5-3-4-6-24(21)32-26(22)34/h3-12,14-15,20H,2,13,16H2,1H3,(H,32,34)/b22-14-. The number of anilines is 1. The van der Waals surface area contributed by atoms with E-state index >= 15 is 0 Å². The first-order valence-electron chi connectivity index (χ1n) is 11.8. The van der Waals surface area contributed by atoms with E-state index in [0.717, 1.165) is 17.3 Å². The van der Waals surface area contributed by atoms with E-state index in [1.807, 2.05) is 31.2 Å². The highest BCUT2D eigenvalue weighted by Crippen LogP contribution is 2.39. The number of rotatable bonds is 6. The van der Waals surface area contributed by atoms with Gasteiger partial charge in [0.05, 0.1) is 12.1 Å². The summed E-state index contributed by atoms with van der Waals surface area (Å²) < 4.78 is 52.4. The van der Waals surface area contributed by atoms with Gasteiger partial charge in [0.25, 0.3) is 5.91 Å². The summed E-state index contributed by atoms with van der Waals surface area (Å²) in [6.45, 7) is 2.63. The molecular formula is C28H23F3N2O4. The summed E-state index contributed by atoms with van der Waals surface area (Å²) in [5, 5.41) is 2.80. The highest BCUT2D eigenvalue weighted by Gasteiger charge is 2.36. The Labute approximate surface area is 211 Å². The Morgan fingerprint density at radius 3 is 2.54 bits per heavy atom. The predicted octanol–water partition coefficient (Wildman–Crippen LogP) is 6.37. The summed E-state index contributed by atoms with van der Waals surface area (Å²) >= 11 is 0. The fraction of sp³-hybridized carbons (Fsp3) is 0.214. The zero-order valence-electron chi connectivity index (χ0n) is 19.8. The Kier molecular flexibility index (Phi) is 6.37. The van der Waals surface area contributed by atoms with Crippen LogP contribution in [0, 0.1) is 0 Å². The van der Waals surface area contributed by atoms with Crippen LogP contribution < -0.4 is 10.1 Å². The lowest BCUT2D eigenvalue weighted by Gasteiger charge is -2.16. The van der Waals surface area contributed by atoms with E-state index < -0.39 is 23.9 Å². The number of ether oxygens (including phenoxy) is 2. The molecule has 0 bridgehead atoms. The van der Waals surface area contributed by atoms with Crippen LogP contribution >= 0.6 is 0 Å².